The van der Waals surface area contributed by atoms with Crippen molar-refractivity contribution in [2.75, 3.05) is 58.4 Å². The average Bonchev–Trinajstić information content (AvgIpc) is 2.60. The average molecular weight is 394 g/mol. The summed E-state index contributed by atoms with van der Waals surface area (Å²) in [5, 5.41) is 5.61. The third-order valence-corrected chi connectivity index (χ3v) is 5.39. The highest BCUT2D eigenvalue weighted by atomic mass is 35.5. The van der Waals surface area contributed by atoms with Crippen LogP contribution in [0.1, 0.15) is 0 Å². The summed E-state index contributed by atoms with van der Waals surface area (Å²) < 4.78 is 36.7. The number of amides is 1. The molecule has 0 unspecified atom stereocenters. The Morgan fingerprint density at radius 1 is 1.32 bits per heavy atom. The smallest absolute Gasteiger partial charge is 0.243 e. The van der Waals surface area contributed by atoms with E-state index in [1.807, 2.05) is 0 Å². The Kier molecular flexibility index (Phi) is 9.33. The molecule has 8 nitrogen and oxygen atoms in total. The van der Waals surface area contributed by atoms with Crippen molar-refractivity contribution in [2.24, 2.45) is 0 Å². The van der Waals surface area contributed by atoms with Crippen molar-refractivity contribution in [3.63, 3.8) is 0 Å². The van der Waals surface area contributed by atoms with E-state index in [-0.39, 0.29) is 29.8 Å². The van der Waals surface area contributed by atoms with Crippen LogP contribution in [0.15, 0.2) is 29.2 Å². The molecular formula is C15H24ClN3O5S. The fraction of sp³-hybridized carbons (Fsp3) is 0.533. The van der Waals surface area contributed by atoms with E-state index in [1.165, 1.54) is 16.4 Å². The Balaban J connectivity index is 0.00000312. The zero-order chi connectivity index (χ0) is 17.4. The van der Waals surface area contributed by atoms with Crippen LogP contribution in [-0.4, -0.2) is 71.7 Å². The molecule has 0 aliphatic carbocycles. The minimum Gasteiger partial charge on any atom is -0.383 e. The van der Waals surface area contributed by atoms with Crippen LogP contribution in [0.25, 0.3) is 0 Å². The zero-order valence-corrected chi connectivity index (χ0v) is 15.7. The van der Waals surface area contributed by atoms with Crippen LogP contribution in [0, 0.1) is 0 Å². The molecular weight excluding hydrogens is 370 g/mol. The number of nitrogens with one attached hydrogen (secondary N) is 2. The zero-order valence-electron chi connectivity index (χ0n) is 14.1. The van der Waals surface area contributed by atoms with Gasteiger partial charge >= 0.3 is 0 Å². The molecule has 0 atom stereocenters. The standard InChI is InChI=1S/C15H23N3O5S.ClH/c1-22-8-5-16-12-15(19)17-13-3-2-4-14(11-13)24(20,21)18-6-9-23-10-7-18;/h2-4,11,16H,5-10,12H2,1H3,(H,17,19);1H. The van der Waals surface area contributed by atoms with Gasteiger partial charge in [0.15, 0.2) is 0 Å². The number of halogens is 1. The van der Waals surface area contributed by atoms with Gasteiger partial charge in [-0.05, 0) is 18.2 Å². The lowest BCUT2D eigenvalue weighted by atomic mass is 10.3. The molecule has 142 valence electrons. The summed E-state index contributed by atoms with van der Waals surface area (Å²) in [6.07, 6.45) is 0. The second-order valence-electron chi connectivity index (χ2n) is 5.26. The number of benzene rings is 1. The molecule has 1 aliphatic heterocycles. The molecule has 0 saturated carbocycles. The van der Waals surface area contributed by atoms with Crippen LogP contribution >= 0.6 is 12.4 Å². The number of sulfonamides is 1. The molecule has 1 aromatic rings. The van der Waals surface area contributed by atoms with Gasteiger partial charge in [0.25, 0.3) is 0 Å². The monoisotopic (exact) mass is 393 g/mol. The molecule has 0 spiro atoms. The molecule has 1 amide bonds. The topological polar surface area (TPSA) is 97.0 Å². The van der Waals surface area contributed by atoms with Crippen LogP contribution in [-0.2, 0) is 24.3 Å². The minimum absolute atomic E-state index is 0. The Morgan fingerprint density at radius 2 is 2.04 bits per heavy atom. The molecule has 25 heavy (non-hydrogen) atoms. The van der Waals surface area contributed by atoms with E-state index >= 15 is 0 Å². The van der Waals surface area contributed by atoms with Crippen molar-refractivity contribution in [3.8, 4) is 0 Å². The maximum absolute atomic E-state index is 12.6. The number of nitrogens with zero attached hydrogens (tertiary/aromatic N) is 1. The Hall–Kier alpha value is -1.23. The summed E-state index contributed by atoms with van der Waals surface area (Å²) in [5.41, 5.74) is 0.447. The fourth-order valence-electron chi connectivity index (χ4n) is 2.25. The van der Waals surface area contributed by atoms with Crippen molar-refractivity contribution in [1.82, 2.24) is 9.62 Å². The van der Waals surface area contributed by atoms with Crippen LogP contribution < -0.4 is 10.6 Å². The van der Waals surface area contributed by atoms with Crippen molar-refractivity contribution < 1.29 is 22.7 Å². The molecule has 1 aliphatic rings. The van der Waals surface area contributed by atoms with E-state index < -0.39 is 10.0 Å². The van der Waals surface area contributed by atoms with Crippen molar-refractivity contribution in [3.05, 3.63) is 24.3 Å². The highest BCUT2D eigenvalue weighted by Gasteiger charge is 2.26. The third-order valence-electron chi connectivity index (χ3n) is 3.49. The predicted molar refractivity (Wildman–Crippen MR) is 96.6 cm³/mol. The molecule has 2 N–H and O–H groups in total. The summed E-state index contributed by atoms with van der Waals surface area (Å²) in [7, 11) is -1.99. The number of carbonyl (C=O) groups is 1. The molecule has 2 rings (SSSR count). The first-order valence-corrected chi connectivity index (χ1v) is 9.15. The van der Waals surface area contributed by atoms with Crippen LogP contribution in [0.5, 0.6) is 0 Å². The van der Waals surface area contributed by atoms with Gasteiger partial charge in [0, 0.05) is 32.4 Å². The van der Waals surface area contributed by atoms with Crippen LogP contribution in [0.2, 0.25) is 0 Å². The van der Waals surface area contributed by atoms with Crippen LogP contribution in [0.4, 0.5) is 5.69 Å². The van der Waals surface area contributed by atoms with E-state index in [1.54, 1.807) is 19.2 Å². The summed E-state index contributed by atoms with van der Waals surface area (Å²) >= 11 is 0. The van der Waals surface area contributed by atoms with Crippen LogP contribution in [0.3, 0.4) is 0 Å². The second-order valence-corrected chi connectivity index (χ2v) is 7.20. The first-order chi connectivity index (χ1) is 11.5. The lowest BCUT2D eigenvalue weighted by Crippen LogP contribution is -2.40. The molecule has 1 heterocycles. The normalized spacial score (nSPS) is 15.4. The quantitative estimate of drug-likeness (QED) is 0.617. The first kappa shape index (κ1) is 21.8. The van der Waals surface area contributed by atoms with Gasteiger partial charge in [-0.2, -0.15) is 4.31 Å². The Bertz CT molecular complexity index is 650. The van der Waals surface area contributed by atoms with E-state index in [9.17, 15) is 13.2 Å². The third kappa shape index (κ3) is 6.53. The maximum atomic E-state index is 12.6. The summed E-state index contributed by atoms with van der Waals surface area (Å²) in [6, 6.07) is 6.27. The van der Waals surface area contributed by atoms with Gasteiger partial charge in [0.05, 0.1) is 31.3 Å². The number of hydrogen-bond acceptors (Lipinski definition) is 6. The number of hydrogen-bond donors (Lipinski definition) is 2. The number of methoxy groups -OCH3 is 1. The predicted octanol–water partition coefficient (Wildman–Crippen LogP) is 0.304. The number of rotatable bonds is 8. The van der Waals surface area contributed by atoms with E-state index in [0.29, 0.717) is 45.1 Å². The van der Waals surface area contributed by atoms with Gasteiger partial charge in [-0.25, -0.2) is 8.42 Å². The second kappa shape index (κ2) is 10.7. The number of anilines is 1. The highest BCUT2D eigenvalue weighted by Crippen LogP contribution is 2.20. The van der Waals surface area contributed by atoms with Crippen molar-refractivity contribution >= 4 is 34.0 Å². The molecule has 1 fully saturated rings. The summed E-state index contributed by atoms with van der Waals surface area (Å²) in [6.45, 7) is 2.66. The minimum atomic E-state index is -3.57. The van der Waals surface area contributed by atoms with Gasteiger partial charge in [-0.3, -0.25) is 4.79 Å². The molecule has 1 saturated heterocycles. The summed E-state index contributed by atoms with van der Waals surface area (Å²) in [5.74, 6) is -0.243. The van der Waals surface area contributed by atoms with Gasteiger partial charge in [0.2, 0.25) is 15.9 Å². The van der Waals surface area contributed by atoms with Crippen molar-refractivity contribution in [1.29, 1.82) is 0 Å². The van der Waals surface area contributed by atoms with Gasteiger partial charge in [0.1, 0.15) is 0 Å². The van der Waals surface area contributed by atoms with Gasteiger partial charge < -0.3 is 20.1 Å². The lowest BCUT2D eigenvalue weighted by Gasteiger charge is -2.26. The number of carbonyl (C=O) groups excluding carboxylic acids is 1. The maximum Gasteiger partial charge on any atom is 0.243 e. The lowest BCUT2D eigenvalue weighted by molar-refractivity contribution is -0.115. The summed E-state index contributed by atoms with van der Waals surface area (Å²) in [4.78, 5) is 12.0. The Morgan fingerprint density at radius 3 is 2.72 bits per heavy atom. The largest absolute Gasteiger partial charge is 0.383 e. The van der Waals surface area contributed by atoms with Gasteiger partial charge in [-0.15, -0.1) is 12.4 Å². The van der Waals surface area contributed by atoms with Crippen molar-refractivity contribution in [2.45, 2.75) is 4.90 Å². The first-order valence-electron chi connectivity index (χ1n) is 7.71. The van der Waals surface area contributed by atoms with E-state index in [4.69, 9.17) is 9.47 Å². The Labute approximate surface area is 154 Å². The van der Waals surface area contributed by atoms with E-state index in [2.05, 4.69) is 10.6 Å². The molecule has 1 aromatic carbocycles. The SMILES string of the molecule is COCCNCC(=O)Nc1cccc(S(=O)(=O)N2CCOCC2)c1.Cl. The highest BCUT2D eigenvalue weighted by molar-refractivity contribution is 7.89. The molecule has 10 heteroatoms. The molecule has 0 aromatic heterocycles. The number of morpholine rings is 1. The molecule has 0 bridgehead atoms. The van der Waals surface area contributed by atoms with E-state index in [0.717, 1.165) is 0 Å². The molecule has 0 radical (unpaired) electrons. The fourth-order valence-corrected chi connectivity index (χ4v) is 3.71. The number of ether oxygens (including phenoxy) is 2. The van der Waals surface area contributed by atoms with Gasteiger partial charge in [-0.1, -0.05) is 6.07 Å².